The standard InChI is InChI=1S/C10H15N3O2S/c1-16(14,15)9-6-8(12-10(11)13-9)7-4-2-3-5-7/h6-7H,2-5H2,1H3,(H2,11,12,13). The van der Waals surface area contributed by atoms with Crippen molar-refractivity contribution in [1.29, 1.82) is 0 Å². The summed E-state index contributed by atoms with van der Waals surface area (Å²) in [6, 6.07) is 1.56. The van der Waals surface area contributed by atoms with Gasteiger partial charge in [-0.3, -0.25) is 0 Å². The Morgan fingerprint density at radius 1 is 1.31 bits per heavy atom. The molecule has 1 saturated carbocycles. The van der Waals surface area contributed by atoms with Crippen molar-refractivity contribution in [3.63, 3.8) is 0 Å². The second-order valence-electron chi connectivity index (χ2n) is 4.24. The summed E-state index contributed by atoms with van der Waals surface area (Å²) in [5.41, 5.74) is 6.31. The minimum absolute atomic E-state index is 0.0295. The topological polar surface area (TPSA) is 85.9 Å². The summed E-state index contributed by atoms with van der Waals surface area (Å²) >= 11 is 0. The SMILES string of the molecule is CS(=O)(=O)c1cc(C2CCCC2)nc(N)n1. The van der Waals surface area contributed by atoms with Crippen molar-refractivity contribution in [3.8, 4) is 0 Å². The number of hydrogen-bond acceptors (Lipinski definition) is 5. The quantitative estimate of drug-likeness (QED) is 0.784. The van der Waals surface area contributed by atoms with Gasteiger partial charge in [0.2, 0.25) is 5.95 Å². The molecule has 0 unspecified atom stereocenters. The molecule has 1 heterocycles. The Balaban J connectivity index is 2.43. The molecule has 0 amide bonds. The zero-order chi connectivity index (χ0) is 11.8. The van der Waals surface area contributed by atoms with E-state index in [4.69, 9.17) is 5.73 Å². The maximum absolute atomic E-state index is 11.4. The van der Waals surface area contributed by atoms with E-state index in [0.717, 1.165) is 24.8 Å². The van der Waals surface area contributed by atoms with Gasteiger partial charge in [-0.2, -0.15) is 0 Å². The van der Waals surface area contributed by atoms with Crippen LogP contribution in [-0.2, 0) is 9.84 Å². The van der Waals surface area contributed by atoms with Crippen LogP contribution in [0.15, 0.2) is 11.1 Å². The number of nitrogens with two attached hydrogens (primary N) is 1. The number of nitrogens with zero attached hydrogens (tertiary/aromatic N) is 2. The second-order valence-corrected chi connectivity index (χ2v) is 6.21. The number of hydrogen-bond donors (Lipinski definition) is 1. The molecule has 0 bridgehead atoms. The largest absolute Gasteiger partial charge is 0.368 e. The molecule has 16 heavy (non-hydrogen) atoms. The highest BCUT2D eigenvalue weighted by Crippen LogP contribution is 2.33. The molecule has 0 atom stereocenters. The Morgan fingerprint density at radius 3 is 2.50 bits per heavy atom. The molecule has 1 aliphatic carbocycles. The summed E-state index contributed by atoms with van der Waals surface area (Å²) in [5, 5.41) is 0.0295. The van der Waals surface area contributed by atoms with Crippen molar-refractivity contribution < 1.29 is 8.42 Å². The summed E-state index contributed by atoms with van der Waals surface area (Å²) in [5.74, 6) is 0.385. The van der Waals surface area contributed by atoms with E-state index in [1.54, 1.807) is 6.07 Å². The lowest BCUT2D eigenvalue weighted by molar-refractivity contribution is 0.596. The van der Waals surface area contributed by atoms with Gasteiger partial charge in [-0.1, -0.05) is 12.8 Å². The molecule has 0 aliphatic heterocycles. The summed E-state index contributed by atoms with van der Waals surface area (Å²) in [7, 11) is -3.31. The average molecular weight is 241 g/mol. The van der Waals surface area contributed by atoms with Gasteiger partial charge in [-0.15, -0.1) is 0 Å². The van der Waals surface area contributed by atoms with Gasteiger partial charge >= 0.3 is 0 Å². The van der Waals surface area contributed by atoms with E-state index in [1.807, 2.05) is 0 Å². The maximum atomic E-state index is 11.4. The lowest BCUT2D eigenvalue weighted by Gasteiger charge is -2.09. The summed E-state index contributed by atoms with van der Waals surface area (Å²) in [4.78, 5) is 7.89. The van der Waals surface area contributed by atoms with E-state index >= 15 is 0 Å². The molecule has 0 aromatic carbocycles. The lowest BCUT2D eigenvalue weighted by Crippen LogP contribution is -2.09. The molecule has 5 nitrogen and oxygen atoms in total. The zero-order valence-electron chi connectivity index (χ0n) is 9.18. The predicted octanol–water partition coefficient (Wildman–Crippen LogP) is 1.12. The van der Waals surface area contributed by atoms with Gasteiger partial charge < -0.3 is 5.73 Å². The first kappa shape index (κ1) is 11.3. The van der Waals surface area contributed by atoms with E-state index < -0.39 is 9.84 Å². The van der Waals surface area contributed by atoms with Crippen LogP contribution >= 0.6 is 0 Å². The van der Waals surface area contributed by atoms with Crippen molar-refractivity contribution in [2.45, 2.75) is 36.6 Å². The molecule has 6 heteroatoms. The fraction of sp³-hybridized carbons (Fsp3) is 0.600. The maximum Gasteiger partial charge on any atom is 0.221 e. The van der Waals surface area contributed by atoms with Crippen LogP contribution in [0, 0.1) is 0 Å². The summed E-state index contributed by atoms with van der Waals surface area (Å²) in [6.07, 6.45) is 5.58. The van der Waals surface area contributed by atoms with Crippen LogP contribution < -0.4 is 5.73 Å². The Hall–Kier alpha value is -1.17. The first-order valence-electron chi connectivity index (χ1n) is 5.31. The minimum atomic E-state index is -3.31. The number of sulfone groups is 1. The fourth-order valence-electron chi connectivity index (χ4n) is 2.08. The first-order chi connectivity index (χ1) is 7.47. The van der Waals surface area contributed by atoms with Gasteiger partial charge in [0, 0.05) is 12.2 Å². The van der Waals surface area contributed by atoms with Crippen molar-refractivity contribution >= 4 is 15.8 Å². The van der Waals surface area contributed by atoms with Crippen LogP contribution in [0.25, 0.3) is 0 Å². The van der Waals surface area contributed by atoms with Crippen LogP contribution in [0.5, 0.6) is 0 Å². The Kier molecular flexibility index (Phi) is 2.84. The van der Waals surface area contributed by atoms with E-state index in [0.29, 0.717) is 5.92 Å². The molecule has 0 spiro atoms. The molecule has 0 radical (unpaired) electrons. The minimum Gasteiger partial charge on any atom is -0.368 e. The number of nitrogen functional groups attached to an aromatic ring is 1. The predicted molar refractivity (Wildman–Crippen MR) is 60.8 cm³/mol. The number of aromatic nitrogens is 2. The summed E-state index contributed by atoms with van der Waals surface area (Å²) in [6.45, 7) is 0. The summed E-state index contributed by atoms with van der Waals surface area (Å²) < 4.78 is 22.8. The van der Waals surface area contributed by atoms with Crippen LogP contribution in [-0.4, -0.2) is 24.6 Å². The third kappa shape index (κ3) is 2.32. The van der Waals surface area contributed by atoms with Crippen molar-refractivity contribution in [2.75, 3.05) is 12.0 Å². The van der Waals surface area contributed by atoms with E-state index in [-0.39, 0.29) is 11.0 Å². The Bertz CT molecular complexity index is 493. The highest BCUT2D eigenvalue weighted by molar-refractivity contribution is 7.90. The van der Waals surface area contributed by atoms with Crippen molar-refractivity contribution in [1.82, 2.24) is 9.97 Å². The van der Waals surface area contributed by atoms with Gasteiger partial charge in [0.05, 0.1) is 5.69 Å². The van der Waals surface area contributed by atoms with Gasteiger partial charge in [0.15, 0.2) is 14.9 Å². The van der Waals surface area contributed by atoms with E-state index in [9.17, 15) is 8.42 Å². The highest BCUT2D eigenvalue weighted by atomic mass is 32.2. The fourth-order valence-corrected chi connectivity index (χ4v) is 2.68. The number of rotatable bonds is 2. The van der Waals surface area contributed by atoms with Crippen LogP contribution in [0.1, 0.15) is 37.3 Å². The second kappa shape index (κ2) is 4.01. The average Bonchev–Trinajstić information content (AvgIpc) is 2.68. The highest BCUT2D eigenvalue weighted by Gasteiger charge is 2.21. The molecule has 88 valence electrons. The molecule has 1 fully saturated rings. The zero-order valence-corrected chi connectivity index (χ0v) is 10.00. The Labute approximate surface area is 95.0 Å². The molecular weight excluding hydrogens is 226 g/mol. The molecule has 0 saturated heterocycles. The van der Waals surface area contributed by atoms with Crippen molar-refractivity contribution in [2.24, 2.45) is 0 Å². The first-order valence-corrected chi connectivity index (χ1v) is 7.20. The van der Waals surface area contributed by atoms with E-state index in [1.165, 1.54) is 12.8 Å². The van der Waals surface area contributed by atoms with Gasteiger partial charge in [-0.25, -0.2) is 18.4 Å². The third-order valence-electron chi connectivity index (χ3n) is 2.89. The molecule has 1 aromatic rings. The third-order valence-corrected chi connectivity index (χ3v) is 3.86. The lowest BCUT2D eigenvalue weighted by atomic mass is 10.0. The van der Waals surface area contributed by atoms with Crippen LogP contribution in [0.2, 0.25) is 0 Å². The smallest absolute Gasteiger partial charge is 0.221 e. The number of anilines is 1. The Morgan fingerprint density at radius 2 is 1.94 bits per heavy atom. The molecule has 1 aromatic heterocycles. The molecule has 2 rings (SSSR count). The molecule has 1 aliphatic rings. The van der Waals surface area contributed by atoms with Gasteiger partial charge in [0.25, 0.3) is 0 Å². The van der Waals surface area contributed by atoms with E-state index in [2.05, 4.69) is 9.97 Å². The van der Waals surface area contributed by atoms with Crippen LogP contribution in [0.4, 0.5) is 5.95 Å². The van der Waals surface area contributed by atoms with Crippen LogP contribution in [0.3, 0.4) is 0 Å². The normalized spacial score (nSPS) is 17.8. The van der Waals surface area contributed by atoms with Gasteiger partial charge in [-0.05, 0) is 18.9 Å². The monoisotopic (exact) mass is 241 g/mol. The molecule has 2 N–H and O–H groups in total. The molecular formula is C10H15N3O2S. The van der Waals surface area contributed by atoms with Gasteiger partial charge in [0.1, 0.15) is 0 Å². The van der Waals surface area contributed by atoms with Crippen molar-refractivity contribution in [3.05, 3.63) is 11.8 Å².